The van der Waals surface area contributed by atoms with Gasteiger partial charge < -0.3 is 15.8 Å². The van der Waals surface area contributed by atoms with Gasteiger partial charge in [-0.3, -0.25) is 4.79 Å². The first-order valence-electron chi connectivity index (χ1n) is 10.6. The molecule has 0 unspecified atom stereocenters. The monoisotopic (exact) mass is 481 g/mol. The molecule has 0 saturated carbocycles. The maximum atomic E-state index is 12.2. The average Bonchev–Trinajstić information content (AvgIpc) is 3.09. The van der Waals surface area contributed by atoms with Crippen LogP contribution in [0.15, 0.2) is 54.1 Å². The number of rotatable bonds is 5. The molecule has 2 aromatic carbocycles. The van der Waals surface area contributed by atoms with Crippen molar-refractivity contribution in [2.24, 2.45) is 0 Å². The molecule has 1 aliphatic rings. The van der Waals surface area contributed by atoms with Crippen molar-refractivity contribution >= 4 is 46.2 Å². The van der Waals surface area contributed by atoms with Crippen LogP contribution in [-0.2, 0) is 4.79 Å². The summed E-state index contributed by atoms with van der Waals surface area (Å²) >= 11 is 6.43. The molecular formula is C27H20ClN5O2. The predicted octanol–water partition coefficient (Wildman–Crippen LogP) is 5.37. The van der Waals surface area contributed by atoms with Crippen molar-refractivity contribution in [3.63, 3.8) is 0 Å². The Bertz CT molecular complexity index is 1490. The van der Waals surface area contributed by atoms with Crippen molar-refractivity contribution < 1.29 is 9.53 Å². The Balaban J connectivity index is 1.60. The van der Waals surface area contributed by atoms with Crippen molar-refractivity contribution in [3.8, 4) is 17.9 Å². The van der Waals surface area contributed by atoms with Crippen LogP contribution in [-0.4, -0.2) is 17.5 Å². The number of nitriles is 2. The molecule has 1 aliphatic carbocycles. The number of benzene rings is 2. The van der Waals surface area contributed by atoms with E-state index >= 15 is 0 Å². The van der Waals surface area contributed by atoms with E-state index in [1.807, 2.05) is 31.2 Å². The van der Waals surface area contributed by atoms with Gasteiger partial charge in [0.2, 0.25) is 0 Å². The molecule has 35 heavy (non-hydrogen) atoms. The number of nitrogens with two attached hydrogens (primary N) is 1. The summed E-state index contributed by atoms with van der Waals surface area (Å²) in [6, 6.07) is 18.6. The fourth-order valence-electron chi connectivity index (χ4n) is 3.95. The largest absolute Gasteiger partial charge is 0.482 e. The third-order valence-corrected chi connectivity index (χ3v) is 5.96. The van der Waals surface area contributed by atoms with E-state index in [-0.39, 0.29) is 23.9 Å². The molecule has 0 bridgehead atoms. The second-order valence-electron chi connectivity index (χ2n) is 7.90. The molecule has 172 valence electrons. The van der Waals surface area contributed by atoms with Crippen LogP contribution in [0.1, 0.15) is 34.9 Å². The fraction of sp³-hybridized carbons (Fsp3) is 0.111. The van der Waals surface area contributed by atoms with Gasteiger partial charge in [0.25, 0.3) is 5.91 Å². The molecule has 0 atom stereocenters. The van der Waals surface area contributed by atoms with Gasteiger partial charge in [-0.05, 0) is 66.5 Å². The van der Waals surface area contributed by atoms with E-state index < -0.39 is 0 Å². The summed E-state index contributed by atoms with van der Waals surface area (Å²) in [5.74, 6) is 0.166. The standard InChI is InChI=1S/C27H20ClN5O2/c1-15-19(25-16(2)21(13-30)27(31)33-26(25)20(15)12-29)10-17-8-9-23(22(28)11-17)35-14-24(34)32-18-6-4-3-5-7-18/h3-11H,14H2,1-2H3,(H2,31,33)(H,32,34)/b19-10+. The van der Waals surface area contributed by atoms with Gasteiger partial charge in [0, 0.05) is 11.3 Å². The number of hydrogen-bond acceptors (Lipinski definition) is 6. The summed E-state index contributed by atoms with van der Waals surface area (Å²) in [4.78, 5) is 16.5. The summed E-state index contributed by atoms with van der Waals surface area (Å²) in [6.45, 7) is 3.43. The summed E-state index contributed by atoms with van der Waals surface area (Å²) in [7, 11) is 0. The third-order valence-electron chi connectivity index (χ3n) is 5.67. The predicted molar refractivity (Wildman–Crippen MR) is 136 cm³/mol. The van der Waals surface area contributed by atoms with E-state index in [9.17, 15) is 15.3 Å². The number of nitrogen functional groups attached to an aromatic ring is 1. The highest BCUT2D eigenvalue weighted by Crippen LogP contribution is 2.44. The van der Waals surface area contributed by atoms with Gasteiger partial charge in [0.1, 0.15) is 23.7 Å². The summed E-state index contributed by atoms with van der Waals surface area (Å²) in [5, 5.41) is 22.3. The highest BCUT2D eigenvalue weighted by molar-refractivity contribution is 6.32. The molecular weight excluding hydrogens is 462 g/mol. The van der Waals surface area contributed by atoms with Gasteiger partial charge in [0.15, 0.2) is 6.61 Å². The minimum absolute atomic E-state index is 0.103. The second kappa shape index (κ2) is 9.72. The summed E-state index contributed by atoms with van der Waals surface area (Å²) in [5.41, 5.74) is 11.4. The molecule has 0 fully saturated rings. The lowest BCUT2D eigenvalue weighted by atomic mass is 9.95. The lowest BCUT2D eigenvalue weighted by Crippen LogP contribution is -2.20. The molecule has 0 aliphatic heterocycles. The van der Waals surface area contributed by atoms with Crippen LogP contribution in [0.2, 0.25) is 5.02 Å². The van der Waals surface area contributed by atoms with Gasteiger partial charge in [-0.2, -0.15) is 10.5 Å². The number of aromatic nitrogens is 1. The lowest BCUT2D eigenvalue weighted by molar-refractivity contribution is -0.118. The van der Waals surface area contributed by atoms with E-state index in [4.69, 9.17) is 22.1 Å². The van der Waals surface area contributed by atoms with E-state index in [2.05, 4.69) is 22.4 Å². The fourth-order valence-corrected chi connectivity index (χ4v) is 4.19. The number of hydrogen-bond donors (Lipinski definition) is 2. The van der Waals surface area contributed by atoms with Crippen LogP contribution in [0.25, 0.3) is 17.2 Å². The zero-order chi connectivity index (χ0) is 25.1. The Morgan fingerprint density at radius 1 is 1.17 bits per heavy atom. The Morgan fingerprint density at radius 2 is 1.91 bits per heavy atom. The number of nitrogens with zero attached hydrogens (tertiary/aromatic N) is 3. The van der Waals surface area contributed by atoms with Crippen LogP contribution in [0.3, 0.4) is 0 Å². The highest BCUT2D eigenvalue weighted by atomic mass is 35.5. The highest BCUT2D eigenvalue weighted by Gasteiger charge is 2.29. The molecule has 0 radical (unpaired) electrons. The molecule has 7 nitrogen and oxygen atoms in total. The summed E-state index contributed by atoms with van der Waals surface area (Å²) < 4.78 is 5.59. The zero-order valence-corrected chi connectivity index (χ0v) is 19.8. The third kappa shape index (κ3) is 4.59. The molecule has 4 rings (SSSR count). The van der Waals surface area contributed by atoms with E-state index in [1.54, 1.807) is 37.3 Å². The first-order valence-corrected chi connectivity index (χ1v) is 11.0. The van der Waals surface area contributed by atoms with Crippen molar-refractivity contribution in [2.45, 2.75) is 13.8 Å². The van der Waals surface area contributed by atoms with Crippen LogP contribution in [0, 0.1) is 29.6 Å². The van der Waals surface area contributed by atoms with Crippen LogP contribution in [0.5, 0.6) is 5.75 Å². The number of pyridine rings is 1. The van der Waals surface area contributed by atoms with Crippen molar-refractivity contribution in [1.29, 1.82) is 10.5 Å². The molecule has 1 heterocycles. The van der Waals surface area contributed by atoms with Gasteiger partial charge in [-0.1, -0.05) is 35.9 Å². The van der Waals surface area contributed by atoms with Crippen LogP contribution < -0.4 is 15.8 Å². The molecule has 8 heteroatoms. The quantitative estimate of drug-likeness (QED) is 0.505. The number of halogens is 1. The van der Waals surface area contributed by atoms with Crippen LogP contribution in [0.4, 0.5) is 11.5 Å². The van der Waals surface area contributed by atoms with Crippen molar-refractivity contribution in [1.82, 2.24) is 4.98 Å². The minimum Gasteiger partial charge on any atom is -0.482 e. The molecule has 3 N–H and O–H groups in total. The van der Waals surface area contributed by atoms with Gasteiger partial charge in [-0.15, -0.1) is 0 Å². The summed E-state index contributed by atoms with van der Waals surface area (Å²) in [6.07, 6.45) is 1.88. The zero-order valence-electron chi connectivity index (χ0n) is 19.0. The first-order chi connectivity index (χ1) is 16.8. The molecule has 1 aromatic heterocycles. The number of amides is 1. The van der Waals surface area contributed by atoms with E-state index in [1.165, 1.54) is 0 Å². The Hall–Kier alpha value is -4.59. The SMILES string of the molecule is CC1=C(C#N)c2nc(N)c(C#N)c(C)c2/C1=C/c1ccc(OCC(=O)Nc2ccccc2)c(Cl)c1. The Kier molecular flexibility index (Phi) is 6.55. The number of carbonyl (C=O) groups is 1. The maximum Gasteiger partial charge on any atom is 0.262 e. The van der Waals surface area contributed by atoms with E-state index in [0.717, 1.165) is 16.7 Å². The maximum absolute atomic E-state index is 12.2. The van der Waals surface area contributed by atoms with Crippen LogP contribution >= 0.6 is 11.6 Å². The number of fused-ring (bicyclic) bond motifs is 1. The second-order valence-corrected chi connectivity index (χ2v) is 8.30. The van der Waals surface area contributed by atoms with Gasteiger partial charge in [-0.25, -0.2) is 4.98 Å². The Morgan fingerprint density at radius 3 is 2.57 bits per heavy atom. The van der Waals surface area contributed by atoms with Gasteiger partial charge in [0.05, 0.1) is 21.9 Å². The number of nitrogens with one attached hydrogen (secondary N) is 1. The molecule has 1 amide bonds. The molecule has 3 aromatic rings. The first kappa shape index (κ1) is 23.6. The molecule has 0 saturated heterocycles. The topological polar surface area (TPSA) is 125 Å². The average molecular weight is 482 g/mol. The van der Waals surface area contributed by atoms with Crippen molar-refractivity contribution in [3.05, 3.63) is 87.1 Å². The van der Waals surface area contributed by atoms with E-state index in [0.29, 0.717) is 38.9 Å². The number of allylic oxidation sites excluding steroid dienone is 3. The smallest absolute Gasteiger partial charge is 0.262 e. The van der Waals surface area contributed by atoms with Gasteiger partial charge >= 0.3 is 0 Å². The minimum atomic E-state index is -0.304. The van der Waals surface area contributed by atoms with Crippen molar-refractivity contribution in [2.75, 3.05) is 17.7 Å². The number of carbonyl (C=O) groups excluding carboxylic acids is 1. The number of anilines is 2. The normalized spacial score (nSPS) is 13.2. The number of ether oxygens (including phenoxy) is 1. The molecule has 0 spiro atoms. The number of para-hydroxylation sites is 1. The lowest BCUT2D eigenvalue weighted by Gasteiger charge is -2.12. The Labute approximate surface area is 207 Å².